The molecule has 32 heavy (non-hydrogen) atoms. The number of thioether (sulfide) groups is 1. The maximum Gasteiger partial charge on any atom is 0.284 e. The van der Waals surface area contributed by atoms with E-state index in [0.717, 1.165) is 27.2 Å². The number of amidine groups is 1. The summed E-state index contributed by atoms with van der Waals surface area (Å²) in [6.45, 7) is 12.5. The monoisotopic (exact) mass is 494 g/mol. The van der Waals surface area contributed by atoms with Crippen LogP contribution in [0.15, 0.2) is 62.7 Å². The lowest BCUT2D eigenvalue weighted by Crippen LogP contribution is -2.32. The smallest absolute Gasteiger partial charge is 0.243 e. The number of hydrogen-bond acceptors (Lipinski definition) is 5. The summed E-state index contributed by atoms with van der Waals surface area (Å²) in [5.41, 5.74) is 1.81. The van der Waals surface area contributed by atoms with Gasteiger partial charge in [0.2, 0.25) is 0 Å². The summed E-state index contributed by atoms with van der Waals surface area (Å²) < 4.78 is 57.2. The first kappa shape index (κ1) is 24.8. The van der Waals surface area contributed by atoms with Crippen molar-refractivity contribution in [1.82, 2.24) is 4.31 Å². The lowest BCUT2D eigenvalue weighted by Gasteiger charge is -2.21. The Kier molecular flexibility index (Phi) is 6.59. The highest BCUT2D eigenvalue weighted by Crippen LogP contribution is 2.30. The molecule has 0 amide bonds. The second-order valence-corrected chi connectivity index (χ2v) is 14.4. The Bertz CT molecular complexity index is 1220. The summed E-state index contributed by atoms with van der Waals surface area (Å²) in [5.74, 6) is 0.441. The Morgan fingerprint density at radius 2 is 1.19 bits per heavy atom. The Morgan fingerprint density at radius 1 is 0.750 bits per heavy atom. The average molecular weight is 495 g/mol. The van der Waals surface area contributed by atoms with Gasteiger partial charge in [0.05, 0.1) is 9.79 Å². The normalized spacial score (nSPS) is 17.2. The number of rotatable bonds is 4. The molecule has 2 aromatic rings. The molecule has 6 nitrogen and oxygen atoms in total. The van der Waals surface area contributed by atoms with E-state index in [0.29, 0.717) is 5.75 Å². The summed E-state index contributed by atoms with van der Waals surface area (Å²) in [5, 5.41) is -0.0233. The van der Waals surface area contributed by atoms with Crippen molar-refractivity contribution in [3.8, 4) is 0 Å². The van der Waals surface area contributed by atoms with Crippen molar-refractivity contribution in [2.75, 3.05) is 12.3 Å². The largest absolute Gasteiger partial charge is 0.284 e. The third-order valence-electron chi connectivity index (χ3n) is 5.26. The quantitative estimate of drug-likeness (QED) is 0.612. The number of nitrogens with zero attached hydrogens (tertiary/aromatic N) is 2. The van der Waals surface area contributed by atoms with E-state index in [1.165, 1.54) is 12.1 Å². The summed E-state index contributed by atoms with van der Waals surface area (Å²) in [7, 11) is -7.96. The standard InChI is InChI=1S/C23H30N2O4S3/c1-22(2,3)17-7-11-19(12-8-17)31(26,27)24-21-25(15-16-30-21)32(28,29)20-13-9-18(10-14-20)23(4,5)6/h7-14H,15-16H2,1-6H3. The lowest BCUT2D eigenvalue weighted by atomic mass is 9.87. The average Bonchev–Trinajstić information content (AvgIpc) is 3.15. The molecule has 0 bridgehead atoms. The van der Waals surface area contributed by atoms with E-state index in [1.807, 2.05) is 20.8 Å². The van der Waals surface area contributed by atoms with E-state index in [1.54, 1.807) is 36.4 Å². The van der Waals surface area contributed by atoms with Gasteiger partial charge in [-0.2, -0.15) is 8.42 Å². The molecule has 0 aromatic heterocycles. The molecule has 0 aliphatic carbocycles. The zero-order chi connectivity index (χ0) is 23.9. The SMILES string of the molecule is CC(C)(C)c1ccc(S(=O)(=O)N=C2SCCN2S(=O)(=O)c2ccc(C(C)(C)C)cc2)cc1. The number of benzene rings is 2. The Balaban J connectivity index is 1.93. The Labute approximate surface area is 196 Å². The second kappa shape index (κ2) is 8.50. The van der Waals surface area contributed by atoms with Crippen molar-refractivity contribution in [3.63, 3.8) is 0 Å². The molecule has 0 unspecified atom stereocenters. The van der Waals surface area contributed by atoms with Gasteiger partial charge in [-0.15, -0.1) is 4.40 Å². The van der Waals surface area contributed by atoms with E-state index in [4.69, 9.17) is 0 Å². The minimum atomic E-state index is -4.05. The Hall–Kier alpha value is -1.84. The molecule has 1 saturated heterocycles. The third-order valence-corrected chi connectivity index (χ3v) is 9.54. The minimum absolute atomic E-state index is 0.0233. The van der Waals surface area contributed by atoms with Crippen molar-refractivity contribution >= 4 is 37.0 Å². The fraction of sp³-hybridized carbons (Fsp3) is 0.435. The molecule has 2 aromatic carbocycles. The first-order valence-electron chi connectivity index (χ1n) is 10.3. The van der Waals surface area contributed by atoms with Gasteiger partial charge in [0.25, 0.3) is 20.0 Å². The number of hydrogen-bond donors (Lipinski definition) is 0. The minimum Gasteiger partial charge on any atom is -0.243 e. The Morgan fingerprint density at radius 3 is 1.62 bits per heavy atom. The van der Waals surface area contributed by atoms with E-state index >= 15 is 0 Å². The highest BCUT2D eigenvalue weighted by Gasteiger charge is 2.34. The van der Waals surface area contributed by atoms with Gasteiger partial charge < -0.3 is 0 Å². The molecule has 0 N–H and O–H groups in total. The van der Waals surface area contributed by atoms with Crippen molar-refractivity contribution in [1.29, 1.82) is 0 Å². The fourth-order valence-electron chi connectivity index (χ4n) is 3.22. The maximum absolute atomic E-state index is 13.2. The van der Waals surface area contributed by atoms with Gasteiger partial charge in [0.15, 0.2) is 5.17 Å². The van der Waals surface area contributed by atoms with Crippen LogP contribution in [0, 0.1) is 0 Å². The van der Waals surface area contributed by atoms with Crippen LogP contribution in [0.1, 0.15) is 52.7 Å². The van der Waals surface area contributed by atoms with Crippen LogP contribution in [-0.4, -0.2) is 38.6 Å². The summed E-state index contributed by atoms with van der Waals surface area (Å²) in [6.07, 6.45) is 0. The van der Waals surface area contributed by atoms with Crippen LogP contribution in [0.3, 0.4) is 0 Å². The van der Waals surface area contributed by atoms with Crippen molar-refractivity contribution < 1.29 is 16.8 Å². The van der Waals surface area contributed by atoms with Crippen LogP contribution in [-0.2, 0) is 30.9 Å². The summed E-state index contributed by atoms with van der Waals surface area (Å²) >= 11 is 1.13. The van der Waals surface area contributed by atoms with Crippen LogP contribution >= 0.6 is 11.8 Å². The lowest BCUT2D eigenvalue weighted by molar-refractivity contribution is 0.539. The highest BCUT2D eigenvalue weighted by molar-refractivity contribution is 8.16. The molecule has 1 aliphatic rings. The van der Waals surface area contributed by atoms with E-state index in [-0.39, 0.29) is 32.3 Å². The first-order valence-corrected chi connectivity index (χ1v) is 14.2. The van der Waals surface area contributed by atoms with Gasteiger partial charge in [-0.05, 0) is 46.2 Å². The van der Waals surface area contributed by atoms with Gasteiger partial charge in [-0.1, -0.05) is 77.6 Å². The molecular formula is C23H30N2O4S3. The third kappa shape index (κ3) is 5.21. The second-order valence-electron chi connectivity index (χ2n) is 9.82. The van der Waals surface area contributed by atoms with Gasteiger partial charge in [0, 0.05) is 12.3 Å². The van der Waals surface area contributed by atoms with Gasteiger partial charge in [-0.3, -0.25) is 0 Å². The van der Waals surface area contributed by atoms with Gasteiger partial charge in [-0.25, -0.2) is 12.7 Å². The highest BCUT2D eigenvalue weighted by atomic mass is 32.2. The molecule has 3 rings (SSSR count). The molecule has 174 valence electrons. The predicted octanol–water partition coefficient (Wildman–Crippen LogP) is 4.76. The molecule has 1 aliphatic heterocycles. The summed E-state index contributed by atoms with van der Waals surface area (Å²) in [6, 6.07) is 13.3. The fourth-order valence-corrected chi connectivity index (χ4v) is 7.24. The van der Waals surface area contributed by atoms with Gasteiger partial charge >= 0.3 is 0 Å². The van der Waals surface area contributed by atoms with E-state index in [2.05, 4.69) is 25.2 Å². The molecule has 1 fully saturated rings. The molecule has 1 heterocycles. The number of sulfonamides is 2. The zero-order valence-corrected chi connectivity index (χ0v) is 21.7. The van der Waals surface area contributed by atoms with E-state index in [9.17, 15) is 16.8 Å². The topological polar surface area (TPSA) is 83.9 Å². The van der Waals surface area contributed by atoms with Gasteiger partial charge in [0.1, 0.15) is 0 Å². The predicted molar refractivity (Wildman–Crippen MR) is 131 cm³/mol. The van der Waals surface area contributed by atoms with E-state index < -0.39 is 20.0 Å². The maximum atomic E-state index is 13.2. The van der Waals surface area contributed by atoms with Crippen molar-refractivity contribution in [2.45, 2.75) is 62.2 Å². The van der Waals surface area contributed by atoms with Crippen LogP contribution in [0.5, 0.6) is 0 Å². The van der Waals surface area contributed by atoms with Crippen molar-refractivity contribution in [3.05, 3.63) is 59.7 Å². The molecule has 9 heteroatoms. The van der Waals surface area contributed by atoms with Crippen LogP contribution in [0.2, 0.25) is 0 Å². The molecule has 0 atom stereocenters. The van der Waals surface area contributed by atoms with Crippen LogP contribution < -0.4 is 0 Å². The summed E-state index contributed by atoms with van der Waals surface area (Å²) in [4.78, 5) is 0.157. The molecule has 0 saturated carbocycles. The molecular weight excluding hydrogens is 464 g/mol. The van der Waals surface area contributed by atoms with Crippen LogP contribution in [0.25, 0.3) is 0 Å². The molecule has 0 spiro atoms. The first-order chi connectivity index (χ1) is 14.6. The molecule has 0 radical (unpaired) electrons. The zero-order valence-electron chi connectivity index (χ0n) is 19.3. The van der Waals surface area contributed by atoms with Crippen molar-refractivity contribution in [2.24, 2.45) is 4.40 Å². The van der Waals surface area contributed by atoms with Crippen LogP contribution in [0.4, 0.5) is 0 Å².